The van der Waals surface area contributed by atoms with E-state index in [1.807, 2.05) is 0 Å². The Hall–Kier alpha value is -2.87. The number of nitrogens with zero attached hydrogens (tertiary/aromatic N) is 2. The van der Waals surface area contributed by atoms with Gasteiger partial charge < -0.3 is 5.53 Å². The molecule has 1 aliphatic rings. The van der Waals surface area contributed by atoms with Gasteiger partial charge in [-0.15, -0.1) is 23.7 Å². The van der Waals surface area contributed by atoms with E-state index in [4.69, 9.17) is 0 Å². The van der Waals surface area contributed by atoms with Crippen LogP contribution in [0.3, 0.4) is 0 Å². The van der Waals surface area contributed by atoms with E-state index >= 15 is 0 Å². The van der Waals surface area contributed by atoms with Crippen LogP contribution in [0.25, 0.3) is 16.9 Å². The Morgan fingerprint density at radius 1 is 0.231 bits per heavy atom. The Kier molecular flexibility index (Phi) is 74.4. The van der Waals surface area contributed by atoms with E-state index in [0.717, 1.165) is 88.4 Å². The molecule has 3 rings (SSSR count). The van der Waals surface area contributed by atoms with Crippen molar-refractivity contribution in [2.24, 2.45) is 0 Å². The van der Waals surface area contributed by atoms with Gasteiger partial charge in [-0.3, -0.25) is 0 Å². The maximum absolute atomic E-state index is 13.4. The van der Waals surface area contributed by atoms with Crippen LogP contribution in [-0.4, -0.2) is 4.70 Å². The van der Waals surface area contributed by atoms with E-state index in [0.29, 0.717) is 0 Å². The molecular weight excluding hydrogens is 1350 g/mol. The molecule has 2 aromatic carbocycles. The van der Waals surface area contributed by atoms with Crippen molar-refractivity contribution >= 4 is 11.4 Å². The molecule has 0 spiro atoms. The van der Waals surface area contributed by atoms with Gasteiger partial charge in [0.15, 0.2) is 0 Å². The summed E-state index contributed by atoms with van der Waals surface area (Å²) in [5.74, 6) is 18.7. The van der Waals surface area contributed by atoms with E-state index in [2.05, 4.69) is 113 Å². The summed E-state index contributed by atoms with van der Waals surface area (Å²) in [5.41, 5.74) is 26.4. The van der Waals surface area contributed by atoms with Crippen LogP contribution in [-0.2, 0) is 40.1 Å². The molecule has 624 valence electrons. The van der Waals surface area contributed by atoms with Crippen LogP contribution in [0.4, 0.5) is 0 Å². The Labute approximate surface area is 683 Å². The number of aryl methyl sites for hydroxylation is 4. The van der Waals surface area contributed by atoms with Gasteiger partial charge in [-0.1, -0.05) is 457 Å². The van der Waals surface area contributed by atoms with Gasteiger partial charge in [0, 0.05) is 48.0 Å². The summed E-state index contributed by atoms with van der Waals surface area (Å²) in [5, 5.41) is 0. The van der Waals surface area contributed by atoms with E-state index in [1.165, 1.54) is 462 Å². The molecule has 1 heterocycles. The minimum absolute atomic E-state index is 0.861. The monoisotopic (exact) mass is 1530 g/mol. The van der Waals surface area contributed by atoms with Crippen molar-refractivity contribution in [3.63, 3.8) is 0 Å². The van der Waals surface area contributed by atoms with Crippen LogP contribution >= 0.6 is 0 Å². The average Bonchev–Trinajstić information content (AvgIpc) is 1.61. The molecule has 0 aliphatic carbocycles. The Morgan fingerprint density at radius 3 is 0.667 bits per heavy atom. The molecule has 0 N–H and O–H groups in total. The topological polar surface area (TPSA) is 25.3 Å². The zero-order valence-corrected chi connectivity index (χ0v) is 75.1. The fraction of sp³-hybridized carbons (Fsp3) is 0.810. The van der Waals surface area contributed by atoms with Gasteiger partial charge in [0.1, 0.15) is 0 Å². The van der Waals surface area contributed by atoms with Crippen molar-refractivity contribution in [2.75, 3.05) is 0 Å². The molecule has 0 aromatic heterocycles. The summed E-state index contributed by atoms with van der Waals surface area (Å²) in [6.07, 6.45) is 103. The van der Waals surface area contributed by atoms with Gasteiger partial charge in [-0.25, -0.2) is 4.70 Å². The summed E-state index contributed by atoms with van der Waals surface area (Å²) in [7, 11) is 0. The molecule has 108 heavy (non-hydrogen) atoms. The third kappa shape index (κ3) is 56.4. The average molecular weight is 1530 g/mol. The zero-order valence-electron chi connectivity index (χ0n) is 74.1. The molecule has 0 fully saturated rings. The number of hydrogen-bond donors (Lipinski definition) is 0. The van der Waals surface area contributed by atoms with E-state index in [9.17, 15) is 5.53 Å². The Balaban J connectivity index is 0.0000130. The van der Waals surface area contributed by atoms with Crippen LogP contribution in [0.15, 0.2) is 47.5 Å². The van der Waals surface area contributed by atoms with E-state index in [-0.39, 0.29) is 0 Å². The first-order valence-corrected chi connectivity index (χ1v) is 50.8. The quantitative estimate of drug-likeness (QED) is 0.0273. The summed E-state index contributed by atoms with van der Waals surface area (Å²) in [4.78, 5) is 0. The normalized spacial score (nSPS) is 12.2. The van der Waals surface area contributed by atoms with Crippen LogP contribution in [0.2, 0.25) is 11.8 Å². The first-order chi connectivity index (χ1) is 53.4. The second-order valence-electron chi connectivity index (χ2n) is 34.0. The zero-order chi connectivity index (χ0) is 77.6. The van der Waals surface area contributed by atoms with Crippen LogP contribution in [0, 0.1) is 23.7 Å². The maximum atomic E-state index is 13.4. The molecule has 0 radical (unpaired) electrons. The molecule has 0 amide bonds. The first kappa shape index (κ1) is 101. The Bertz CT molecular complexity index is 2520. The SMILES string of the molecule is CCCCCCCCCCCCCCCCCCCCCCCCC#CCCc1ccc(CCCC)cc1C1=C(CCCC)C(CCCCCCCCCCCCCCCCCCC)=C(c2cc(CCCC)ccc2CCC#CCCCCCCCCCCCCCCCCCCCCCCCC)[N+]1=[N-].[CH3][Ni][CH3]. The molecular formula is C105H184N2Ni. The third-order valence-electron chi connectivity index (χ3n) is 23.8. The van der Waals surface area contributed by atoms with Crippen molar-refractivity contribution in [1.29, 1.82) is 0 Å². The standard InChI is InChI=1S/C103H178N2.2CH3.Ni/c1-7-13-19-22-25-28-31-34-37-40-42-44-46-48-50-52-54-56-59-61-64-67-70-73-76-79-84-96-90-88-94(82-16-10-4)92-100(96)102-98(86-18-12-6)99(87-81-78-75-72-69-66-63-58-39-36-33-30-27-24-21-15-9-3)103(105(102)104)101-93-95(83-17-11-5)89-91-97(101)85-80-77-74-71-68-65-62-60-57-55-53-51-49-47-45-43-41-38-35-32-29-26-23-20-14-8-2;;;/h88-93H,7-72,75,78-87H2,1-6H3;2*1H3;. The summed E-state index contributed by atoms with van der Waals surface area (Å²) < 4.78 is 1.75. The van der Waals surface area contributed by atoms with Crippen LogP contribution in [0.5, 0.6) is 0 Å². The van der Waals surface area contributed by atoms with Crippen molar-refractivity contribution in [3.8, 4) is 23.7 Å². The summed E-state index contributed by atoms with van der Waals surface area (Å²) in [6, 6.07) is 14.7. The minimum atomic E-state index is 0.861. The van der Waals surface area contributed by atoms with E-state index in [1.54, 1.807) is 19.1 Å². The summed E-state index contributed by atoms with van der Waals surface area (Å²) >= 11 is 1.62. The molecule has 0 saturated heterocycles. The second-order valence-corrected chi connectivity index (χ2v) is 35.0. The number of allylic oxidation sites excluding steroid dienone is 2. The Morgan fingerprint density at radius 2 is 0.426 bits per heavy atom. The molecule has 0 atom stereocenters. The van der Waals surface area contributed by atoms with Gasteiger partial charge in [0.2, 0.25) is 11.4 Å². The van der Waals surface area contributed by atoms with Crippen molar-refractivity contribution in [2.45, 2.75) is 548 Å². The van der Waals surface area contributed by atoms with Crippen molar-refractivity contribution in [1.82, 2.24) is 0 Å². The number of benzene rings is 2. The third-order valence-corrected chi connectivity index (χ3v) is 23.8. The molecule has 0 saturated carbocycles. The molecule has 1 aliphatic heterocycles. The fourth-order valence-corrected chi connectivity index (χ4v) is 16.7. The van der Waals surface area contributed by atoms with Crippen LogP contribution < -0.4 is 0 Å². The van der Waals surface area contributed by atoms with Crippen LogP contribution in [0.1, 0.15) is 544 Å². The van der Waals surface area contributed by atoms with Gasteiger partial charge in [-0.2, -0.15) is 0 Å². The van der Waals surface area contributed by atoms with Crippen molar-refractivity contribution < 1.29 is 19.1 Å². The molecule has 2 aromatic rings. The predicted octanol–water partition coefficient (Wildman–Crippen LogP) is 36.8. The molecule has 0 bridgehead atoms. The molecule has 0 unspecified atom stereocenters. The predicted molar refractivity (Wildman–Crippen MR) is 484 cm³/mol. The van der Waals surface area contributed by atoms with Gasteiger partial charge in [0.05, 0.1) is 0 Å². The fourth-order valence-electron chi connectivity index (χ4n) is 16.7. The van der Waals surface area contributed by atoms with Gasteiger partial charge in [0.25, 0.3) is 0 Å². The second kappa shape index (κ2) is 79.4. The van der Waals surface area contributed by atoms with Gasteiger partial charge >= 0.3 is 26.2 Å². The van der Waals surface area contributed by atoms with E-state index < -0.39 is 0 Å². The first-order valence-electron chi connectivity index (χ1n) is 48.8. The molecule has 2 nitrogen and oxygen atoms in total. The number of unbranched alkanes of at least 4 members (excludes halogenated alkanes) is 63. The number of hydrogen-bond acceptors (Lipinski definition) is 0. The molecule has 3 heteroatoms. The van der Waals surface area contributed by atoms with Gasteiger partial charge in [-0.05, 0) is 111 Å². The van der Waals surface area contributed by atoms with Crippen molar-refractivity contribution in [3.05, 3.63) is 86.5 Å². The summed E-state index contributed by atoms with van der Waals surface area (Å²) in [6.45, 7) is 13.9. The number of rotatable bonds is 77.